The second-order valence-corrected chi connectivity index (χ2v) is 4.78. The molecule has 2 unspecified atom stereocenters. The quantitative estimate of drug-likeness (QED) is 0.790. The van der Waals surface area contributed by atoms with Crippen LogP contribution in [0.2, 0.25) is 0 Å². The van der Waals surface area contributed by atoms with Crippen molar-refractivity contribution in [1.82, 2.24) is 5.32 Å². The molecule has 1 fully saturated rings. The Hall–Kier alpha value is -1.10. The van der Waals surface area contributed by atoms with Gasteiger partial charge in [-0.1, -0.05) is 12.1 Å². The highest BCUT2D eigenvalue weighted by Gasteiger charge is 2.17. The Morgan fingerprint density at radius 3 is 2.79 bits per heavy atom. The minimum Gasteiger partial charge on any atom is -0.494 e. The molecule has 106 valence electrons. The number of hydrogen-bond donors (Lipinski definition) is 2. The molecule has 1 aliphatic heterocycles. The lowest BCUT2D eigenvalue weighted by Gasteiger charge is -2.19. The number of aliphatic hydroxyl groups is 1. The number of hydrogen-bond acceptors (Lipinski definition) is 4. The van der Waals surface area contributed by atoms with E-state index in [-0.39, 0.29) is 18.8 Å². The lowest BCUT2D eigenvalue weighted by Crippen LogP contribution is -2.31. The summed E-state index contributed by atoms with van der Waals surface area (Å²) in [6, 6.07) is 7.83. The normalized spacial score (nSPS) is 20.4. The third kappa shape index (κ3) is 4.20. The van der Waals surface area contributed by atoms with E-state index in [1.165, 1.54) is 0 Å². The van der Waals surface area contributed by atoms with Gasteiger partial charge in [-0.15, -0.1) is 0 Å². The van der Waals surface area contributed by atoms with Gasteiger partial charge in [0, 0.05) is 13.2 Å². The average Bonchev–Trinajstić information content (AvgIpc) is 2.95. The molecule has 1 aromatic rings. The van der Waals surface area contributed by atoms with Gasteiger partial charge in [-0.3, -0.25) is 0 Å². The molecule has 1 saturated heterocycles. The molecule has 19 heavy (non-hydrogen) atoms. The number of nitrogens with one attached hydrogen (secondary N) is 1. The third-order valence-corrected chi connectivity index (χ3v) is 3.39. The van der Waals surface area contributed by atoms with Crippen LogP contribution in [-0.4, -0.2) is 37.6 Å². The predicted octanol–water partition coefficient (Wildman–Crippen LogP) is 1.89. The standard InChI is InChI=1S/C15H23NO3/c1-2-18-13-7-5-12(6-8-13)15(11-17)16-10-14-4-3-9-19-14/h5-8,14-17H,2-4,9-11H2,1H3. The Balaban J connectivity index is 1.88. The fraction of sp³-hybridized carbons (Fsp3) is 0.600. The topological polar surface area (TPSA) is 50.7 Å². The van der Waals surface area contributed by atoms with E-state index in [9.17, 15) is 5.11 Å². The fourth-order valence-corrected chi connectivity index (χ4v) is 2.33. The van der Waals surface area contributed by atoms with E-state index < -0.39 is 0 Å². The van der Waals surface area contributed by atoms with Crippen LogP contribution in [0, 0.1) is 0 Å². The molecule has 2 N–H and O–H groups in total. The molecule has 1 aromatic carbocycles. The highest BCUT2D eigenvalue weighted by molar-refractivity contribution is 5.29. The summed E-state index contributed by atoms with van der Waals surface area (Å²) >= 11 is 0. The molecule has 4 nitrogen and oxygen atoms in total. The largest absolute Gasteiger partial charge is 0.494 e. The van der Waals surface area contributed by atoms with Crippen LogP contribution < -0.4 is 10.1 Å². The maximum atomic E-state index is 9.49. The SMILES string of the molecule is CCOc1ccc(C(CO)NCC2CCCO2)cc1. The monoisotopic (exact) mass is 265 g/mol. The molecule has 2 rings (SSSR count). The van der Waals surface area contributed by atoms with Crippen LogP contribution in [0.1, 0.15) is 31.4 Å². The summed E-state index contributed by atoms with van der Waals surface area (Å²) in [5.74, 6) is 0.863. The van der Waals surface area contributed by atoms with Crippen LogP contribution in [0.15, 0.2) is 24.3 Å². The molecule has 4 heteroatoms. The van der Waals surface area contributed by atoms with E-state index in [0.717, 1.165) is 37.3 Å². The van der Waals surface area contributed by atoms with Crippen molar-refractivity contribution >= 4 is 0 Å². The molecule has 2 atom stereocenters. The lowest BCUT2D eigenvalue weighted by molar-refractivity contribution is 0.104. The Bertz CT molecular complexity index is 360. The van der Waals surface area contributed by atoms with Crippen LogP contribution in [0.25, 0.3) is 0 Å². The Morgan fingerprint density at radius 1 is 1.42 bits per heavy atom. The first-order valence-electron chi connectivity index (χ1n) is 7.02. The molecule has 0 saturated carbocycles. The van der Waals surface area contributed by atoms with Crippen molar-refractivity contribution in [3.8, 4) is 5.75 Å². The summed E-state index contributed by atoms with van der Waals surface area (Å²) in [5, 5.41) is 12.9. The van der Waals surface area contributed by atoms with Crippen LogP contribution in [0.4, 0.5) is 0 Å². The van der Waals surface area contributed by atoms with Gasteiger partial charge < -0.3 is 19.9 Å². The summed E-state index contributed by atoms with van der Waals surface area (Å²) in [7, 11) is 0. The molecule has 0 amide bonds. The van der Waals surface area contributed by atoms with Crippen LogP contribution in [0.5, 0.6) is 5.75 Å². The summed E-state index contributed by atoms with van der Waals surface area (Å²) in [6.45, 7) is 4.37. The number of ether oxygens (including phenoxy) is 2. The van der Waals surface area contributed by atoms with Gasteiger partial charge in [-0.2, -0.15) is 0 Å². The minimum atomic E-state index is -0.0418. The van der Waals surface area contributed by atoms with Crippen LogP contribution in [0.3, 0.4) is 0 Å². The molecule has 1 aliphatic rings. The van der Waals surface area contributed by atoms with E-state index in [1.54, 1.807) is 0 Å². The molecule has 0 bridgehead atoms. The number of benzene rings is 1. The van der Waals surface area contributed by atoms with Crippen molar-refractivity contribution in [1.29, 1.82) is 0 Å². The van der Waals surface area contributed by atoms with Crippen molar-refractivity contribution in [2.24, 2.45) is 0 Å². The maximum absolute atomic E-state index is 9.49. The van der Waals surface area contributed by atoms with Gasteiger partial charge in [0.15, 0.2) is 0 Å². The summed E-state index contributed by atoms with van der Waals surface area (Å²) in [6.07, 6.45) is 2.53. The molecular weight excluding hydrogens is 242 g/mol. The molecule has 0 aromatic heterocycles. The van der Waals surface area contributed by atoms with Gasteiger partial charge in [-0.25, -0.2) is 0 Å². The van der Waals surface area contributed by atoms with Gasteiger partial charge in [0.1, 0.15) is 5.75 Å². The second-order valence-electron chi connectivity index (χ2n) is 4.78. The maximum Gasteiger partial charge on any atom is 0.119 e. The Kier molecular flexibility index (Phi) is 5.63. The van der Waals surface area contributed by atoms with E-state index in [2.05, 4.69) is 5.32 Å². The van der Waals surface area contributed by atoms with Gasteiger partial charge in [0.05, 0.1) is 25.4 Å². The Morgan fingerprint density at radius 2 is 2.21 bits per heavy atom. The second kappa shape index (κ2) is 7.48. The van der Waals surface area contributed by atoms with Crippen molar-refractivity contribution in [2.45, 2.75) is 31.9 Å². The van der Waals surface area contributed by atoms with E-state index in [4.69, 9.17) is 9.47 Å². The molecule has 0 aliphatic carbocycles. The van der Waals surface area contributed by atoms with Crippen molar-refractivity contribution in [3.05, 3.63) is 29.8 Å². The molecule has 0 radical (unpaired) electrons. The van der Waals surface area contributed by atoms with Crippen LogP contribution >= 0.6 is 0 Å². The highest BCUT2D eigenvalue weighted by atomic mass is 16.5. The predicted molar refractivity (Wildman–Crippen MR) is 74.4 cm³/mol. The van der Waals surface area contributed by atoms with Crippen LogP contribution in [-0.2, 0) is 4.74 Å². The molecular formula is C15H23NO3. The third-order valence-electron chi connectivity index (χ3n) is 3.39. The molecule has 1 heterocycles. The van der Waals surface area contributed by atoms with Crippen molar-refractivity contribution in [3.63, 3.8) is 0 Å². The minimum absolute atomic E-state index is 0.0418. The molecule has 0 spiro atoms. The first-order valence-corrected chi connectivity index (χ1v) is 7.02. The summed E-state index contributed by atoms with van der Waals surface area (Å²) in [5.41, 5.74) is 1.07. The van der Waals surface area contributed by atoms with Gasteiger partial charge in [0.25, 0.3) is 0 Å². The zero-order valence-corrected chi connectivity index (χ0v) is 11.5. The lowest BCUT2D eigenvalue weighted by atomic mass is 10.1. The number of rotatable bonds is 7. The van der Waals surface area contributed by atoms with E-state index in [0.29, 0.717) is 6.61 Å². The zero-order chi connectivity index (χ0) is 13.5. The average molecular weight is 265 g/mol. The highest BCUT2D eigenvalue weighted by Crippen LogP contribution is 2.19. The van der Waals surface area contributed by atoms with Gasteiger partial charge >= 0.3 is 0 Å². The van der Waals surface area contributed by atoms with Crippen molar-refractivity contribution < 1.29 is 14.6 Å². The Labute approximate surface area is 114 Å². The van der Waals surface area contributed by atoms with E-state index in [1.807, 2.05) is 31.2 Å². The first-order chi connectivity index (χ1) is 9.33. The zero-order valence-electron chi connectivity index (χ0n) is 11.5. The van der Waals surface area contributed by atoms with Gasteiger partial charge in [-0.05, 0) is 37.5 Å². The van der Waals surface area contributed by atoms with E-state index >= 15 is 0 Å². The smallest absolute Gasteiger partial charge is 0.119 e. The van der Waals surface area contributed by atoms with Crippen molar-refractivity contribution in [2.75, 3.05) is 26.4 Å². The van der Waals surface area contributed by atoms with Gasteiger partial charge in [0.2, 0.25) is 0 Å². The number of aliphatic hydroxyl groups excluding tert-OH is 1. The first kappa shape index (κ1) is 14.3. The summed E-state index contributed by atoms with van der Waals surface area (Å²) < 4.78 is 11.0. The fourth-order valence-electron chi connectivity index (χ4n) is 2.33. The summed E-state index contributed by atoms with van der Waals surface area (Å²) in [4.78, 5) is 0.